The highest BCUT2D eigenvalue weighted by molar-refractivity contribution is 6.32. The lowest BCUT2D eigenvalue weighted by atomic mass is 10.1. The molecular formula is C15H26ClN3O. The van der Waals surface area contributed by atoms with Gasteiger partial charge in [0.05, 0.1) is 11.9 Å². The molecule has 5 heteroatoms. The van der Waals surface area contributed by atoms with Gasteiger partial charge in [-0.25, -0.2) is 4.68 Å². The molecule has 1 aromatic rings. The van der Waals surface area contributed by atoms with Gasteiger partial charge in [0.15, 0.2) is 0 Å². The zero-order valence-corrected chi connectivity index (χ0v) is 13.5. The number of rotatable bonds is 9. The summed E-state index contributed by atoms with van der Waals surface area (Å²) in [5, 5.41) is 7.61. The molecule has 0 unspecified atom stereocenters. The van der Waals surface area contributed by atoms with E-state index in [2.05, 4.69) is 31.2 Å². The van der Waals surface area contributed by atoms with Gasteiger partial charge in [0.2, 0.25) is 0 Å². The van der Waals surface area contributed by atoms with Gasteiger partial charge in [0.25, 0.3) is 5.56 Å². The van der Waals surface area contributed by atoms with Crippen molar-refractivity contribution in [3.05, 3.63) is 21.6 Å². The summed E-state index contributed by atoms with van der Waals surface area (Å²) in [7, 11) is 0. The van der Waals surface area contributed by atoms with Crippen LogP contribution < -0.4 is 10.9 Å². The molecule has 1 N–H and O–H groups in total. The molecule has 1 heterocycles. The molecule has 0 aliphatic carbocycles. The molecular weight excluding hydrogens is 274 g/mol. The van der Waals surface area contributed by atoms with E-state index >= 15 is 0 Å². The Balaban J connectivity index is 2.51. The van der Waals surface area contributed by atoms with Crippen LogP contribution >= 0.6 is 11.6 Å². The van der Waals surface area contributed by atoms with Crippen molar-refractivity contribution in [3.63, 3.8) is 0 Å². The number of halogens is 1. The maximum Gasteiger partial charge on any atom is 0.287 e. The second-order valence-electron chi connectivity index (χ2n) is 5.57. The Morgan fingerprint density at radius 3 is 2.75 bits per heavy atom. The lowest BCUT2D eigenvalue weighted by Crippen LogP contribution is -2.24. The smallest absolute Gasteiger partial charge is 0.287 e. The van der Waals surface area contributed by atoms with Gasteiger partial charge in [-0.15, -0.1) is 0 Å². The SMILES string of the molecule is CCCCn1ncc(NCCCCC(C)C)c(Cl)c1=O. The van der Waals surface area contributed by atoms with Crippen LogP contribution in [0.15, 0.2) is 11.0 Å². The first-order valence-electron chi connectivity index (χ1n) is 7.55. The lowest BCUT2D eigenvalue weighted by Gasteiger charge is -2.10. The molecule has 0 aliphatic rings. The number of hydrogen-bond acceptors (Lipinski definition) is 3. The van der Waals surface area contributed by atoms with E-state index in [4.69, 9.17) is 11.6 Å². The van der Waals surface area contributed by atoms with Crippen molar-refractivity contribution in [2.24, 2.45) is 5.92 Å². The second-order valence-corrected chi connectivity index (χ2v) is 5.95. The van der Waals surface area contributed by atoms with Gasteiger partial charge in [-0.2, -0.15) is 5.10 Å². The monoisotopic (exact) mass is 299 g/mol. The first-order valence-corrected chi connectivity index (χ1v) is 7.93. The third kappa shape index (κ3) is 5.53. The zero-order chi connectivity index (χ0) is 15.0. The summed E-state index contributed by atoms with van der Waals surface area (Å²) in [6.07, 6.45) is 7.11. The predicted octanol–water partition coefficient (Wildman–Crippen LogP) is 3.94. The first kappa shape index (κ1) is 17.0. The van der Waals surface area contributed by atoms with Crippen LogP contribution in [0.25, 0.3) is 0 Å². The molecule has 1 aromatic heterocycles. The molecule has 0 aliphatic heterocycles. The summed E-state index contributed by atoms with van der Waals surface area (Å²) in [5.74, 6) is 0.739. The highest BCUT2D eigenvalue weighted by Gasteiger charge is 2.08. The third-order valence-electron chi connectivity index (χ3n) is 3.23. The molecule has 0 amide bonds. The largest absolute Gasteiger partial charge is 0.382 e. The van der Waals surface area contributed by atoms with Gasteiger partial charge in [-0.05, 0) is 18.8 Å². The summed E-state index contributed by atoms with van der Waals surface area (Å²) >= 11 is 6.10. The average Bonchev–Trinajstić information content (AvgIpc) is 2.41. The summed E-state index contributed by atoms with van der Waals surface area (Å²) in [6, 6.07) is 0. The van der Waals surface area contributed by atoms with Crippen LogP contribution in [0.2, 0.25) is 5.02 Å². The second kappa shape index (κ2) is 9.01. The fourth-order valence-electron chi connectivity index (χ4n) is 1.96. The summed E-state index contributed by atoms with van der Waals surface area (Å²) in [4.78, 5) is 12.0. The van der Waals surface area contributed by atoms with Gasteiger partial charge in [0, 0.05) is 13.1 Å². The Morgan fingerprint density at radius 1 is 1.35 bits per heavy atom. The summed E-state index contributed by atoms with van der Waals surface area (Å²) in [6.45, 7) is 7.99. The molecule has 0 saturated carbocycles. The van der Waals surface area contributed by atoms with Crippen LogP contribution in [0.4, 0.5) is 5.69 Å². The van der Waals surface area contributed by atoms with Crippen molar-refractivity contribution in [2.75, 3.05) is 11.9 Å². The van der Waals surface area contributed by atoms with Crippen molar-refractivity contribution in [1.82, 2.24) is 9.78 Å². The van der Waals surface area contributed by atoms with Crippen LogP contribution in [-0.2, 0) is 6.54 Å². The first-order chi connectivity index (χ1) is 9.56. The molecule has 0 saturated heterocycles. The molecule has 1 rings (SSSR count). The number of aryl methyl sites for hydroxylation is 1. The van der Waals surface area contributed by atoms with Crippen molar-refractivity contribution in [1.29, 1.82) is 0 Å². The van der Waals surface area contributed by atoms with Gasteiger partial charge < -0.3 is 5.32 Å². The molecule has 0 atom stereocenters. The van der Waals surface area contributed by atoms with Crippen molar-refractivity contribution in [3.8, 4) is 0 Å². The van der Waals surface area contributed by atoms with Crippen LogP contribution in [-0.4, -0.2) is 16.3 Å². The van der Waals surface area contributed by atoms with Gasteiger partial charge in [0.1, 0.15) is 5.02 Å². The number of nitrogens with one attached hydrogen (secondary N) is 1. The van der Waals surface area contributed by atoms with Crippen LogP contribution in [0.1, 0.15) is 52.9 Å². The average molecular weight is 300 g/mol. The van der Waals surface area contributed by atoms with Gasteiger partial charge in [-0.1, -0.05) is 51.6 Å². The Bertz CT molecular complexity index is 457. The quantitative estimate of drug-likeness (QED) is 0.703. The van der Waals surface area contributed by atoms with Crippen LogP contribution in [0, 0.1) is 5.92 Å². The lowest BCUT2D eigenvalue weighted by molar-refractivity contribution is 0.540. The molecule has 0 fully saturated rings. The minimum atomic E-state index is -0.202. The van der Waals surface area contributed by atoms with E-state index in [0.29, 0.717) is 12.2 Å². The van der Waals surface area contributed by atoms with Crippen molar-refractivity contribution >= 4 is 17.3 Å². The summed E-state index contributed by atoms with van der Waals surface area (Å²) in [5.41, 5.74) is 0.446. The minimum absolute atomic E-state index is 0.202. The molecule has 4 nitrogen and oxygen atoms in total. The van der Waals surface area contributed by atoms with Gasteiger partial charge >= 0.3 is 0 Å². The van der Waals surface area contributed by atoms with E-state index in [1.165, 1.54) is 17.5 Å². The number of anilines is 1. The normalized spacial score (nSPS) is 11.1. The maximum atomic E-state index is 12.0. The molecule has 0 spiro atoms. The summed E-state index contributed by atoms with van der Waals surface area (Å²) < 4.78 is 1.44. The molecule has 114 valence electrons. The Kier molecular flexibility index (Phi) is 7.67. The van der Waals surface area contributed by atoms with E-state index in [9.17, 15) is 4.79 Å². The van der Waals surface area contributed by atoms with E-state index < -0.39 is 0 Å². The van der Waals surface area contributed by atoms with Gasteiger partial charge in [-0.3, -0.25) is 4.79 Å². The molecule has 0 bridgehead atoms. The minimum Gasteiger partial charge on any atom is -0.382 e. The van der Waals surface area contributed by atoms with E-state index in [-0.39, 0.29) is 10.6 Å². The number of unbranched alkanes of at least 4 members (excludes halogenated alkanes) is 2. The molecule has 0 radical (unpaired) electrons. The number of nitrogens with zero attached hydrogens (tertiary/aromatic N) is 2. The standard InChI is InChI=1S/C15H26ClN3O/c1-4-5-10-19-15(20)14(16)13(11-18-19)17-9-7-6-8-12(2)3/h11-12,17H,4-10H2,1-3H3. The maximum absolute atomic E-state index is 12.0. The zero-order valence-electron chi connectivity index (χ0n) is 12.8. The fourth-order valence-corrected chi connectivity index (χ4v) is 2.17. The Labute approximate surface area is 126 Å². The molecule has 0 aromatic carbocycles. The molecule has 20 heavy (non-hydrogen) atoms. The van der Waals surface area contributed by atoms with Crippen LogP contribution in [0.5, 0.6) is 0 Å². The number of aromatic nitrogens is 2. The van der Waals surface area contributed by atoms with E-state index in [1.54, 1.807) is 6.20 Å². The Hall–Kier alpha value is -1.03. The highest BCUT2D eigenvalue weighted by atomic mass is 35.5. The predicted molar refractivity (Wildman–Crippen MR) is 85.6 cm³/mol. The number of hydrogen-bond donors (Lipinski definition) is 1. The van der Waals surface area contributed by atoms with Crippen molar-refractivity contribution < 1.29 is 0 Å². The third-order valence-corrected chi connectivity index (χ3v) is 3.60. The Morgan fingerprint density at radius 2 is 2.10 bits per heavy atom. The van der Waals surface area contributed by atoms with Crippen LogP contribution in [0.3, 0.4) is 0 Å². The van der Waals surface area contributed by atoms with Crippen molar-refractivity contribution in [2.45, 2.75) is 59.4 Å². The highest BCUT2D eigenvalue weighted by Crippen LogP contribution is 2.15. The van der Waals surface area contributed by atoms with E-state index in [1.807, 2.05) is 0 Å². The fraction of sp³-hybridized carbons (Fsp3) is 0.733. The topological polar surface area (TPSA) is 46.9 Å². The van der Waals surface area contributed by atoms with E-state index in [0.717, 1.165) is 31.7 Å².